The van der Waals surface area contributed by atoms with Gasteiger partial charge in [0.2, 0.25) is 5.91 Å². The lowest BCUT2D eigenvalue weighted by atomic mass is 10.1. The first-order valence-electron chi connectivity index (χ1n) is 4.57. The number of rotatable bonds is 4. The summed E-state index contributed by atoms with van der Waals surface area (Å²) in [5.41, 5.74) is 5.59. The standard InChI is InChI=1S/C12H11NO3/c13-11(14)8-10(12(15)16)7-6-9-4-2-1-3-5-9/h1-8H,(H2,13,14)(H,15,16)/b7-6?,10-8-. The first-order valence-corrected chi connectivity index (χ1v) is 4.57. The smallest absolute Gasteiger partial charge is 0.335 e. The van der Waals surface area contributed by atoms with E-state index in [0.29, 0.717) is 0 Å². The number of primary amides is 1. The van der Waals surface area contributed by atoms with Crippen molar-refractivity contribution in [1.29, 1.82) is 0 Å². The molecule has 0 aliphatic carbocycles. The van der Waals surface area contributed by atoms with E-state index in [1.54, 1.807) is 6.08 Å². The lowest BCUT2D eigenvalue weighted by Crippen LogP contribution is -2.10. The Hall–Kier alpha value is -2.36. The number of carboxylic acids is 1. The predicted octanol–water partition coefficient (Wildman–Crippen LogP) is 1.20. The van der Waals surface area contributed by atoms with Gasteiger partial charge in [0.1, 0.15) is 0 Å². The number of hydrogen-bond donors (Lipinski definition) is 2. The van der Waals surface area contributed by atoms with Gasteiger partial charge in [0.25, 0.3) is 0 Å². The van der Waals surface area contributed by atoms with Crippen LogP contribution in [0.25, 0.3) is 6.08 Å². The highest BCUT2D eigenvalue weighted by Gasteiger charge is 2.04. The summed E-state index contributed by atoms with van der Waals surface area (Å²) >= 11 is 0. The molecular formula is C12H11NO3. The maximum absolute atomic E-state index is 10.7. The Kier molecular flexibility index (Phi) is 4.03. The predicted molar refractivity (Wildman–Crippen MR) is 60.4 cm³/mol. The van der Waals surface area contributed by atoms with Gasteiger partial charge in [0, 0.05) is 6.08 Å². The molecule has 16 heavy (non-hydrogen) atoms. The monoisotopic (exact) mass is 217 g/mol. The van der Waals surface area contributed by atoms with Gasteiger partial charge in [-0.2, -0.15) is 0 Å². The summed E-state index contributed by atoms with van der Waals surface area (Å²) < 4.78 is 0. The number of aliphatic carboxylic acids is 1. The normalized spacial score (nSPS) is 11.6. The van der Waals surface area contributed by atoms with Gasteiger partial charge < -0.3 is 10.8 Å². The zero-order valence-corrected chi connectivity index (χ0v) is 8.46. The van der Waals surface area contributed by atoms with Gasteiger partial charge >= 0.3 is 5.97 Å². The highest BCUT2D eigenvalue weighted by atomic mass is 16.4. The van der Waals surface area contributed by atoms with Crippen molar-refractivity contribution < 1.29 is 14.7 Å². The Morgan fingerprint density at radius 1 is 1.19 bits per heavy atom. The van der Waals surface area contributed by atoms with Crippen LogP contribution in [0.15, 0.2) is 48.1 Å². The lowest BCUT2D eigenvalue weighted by Gasteiger charge is -1.94. The van der Waals surface area contributed by atoms with Crippen LogP contribution in [0.5, 0.6) is 0 Å². The van der Waals surface area contributed by atoms with E-state index < -0.39 is 11.9 Å². The van der Waals surface area contributed by atoms with E-state index in [9.17, 15) is 9.59 Å². The van der Waals surface area contributed by atoms with Crippen molar-refractivity contribution in [3.05, 3.63) is 53.6 Å². The van der Waals surface area contributed by atoms with Crippen LogP contribution < -0.4 is 5.73 Å². The van der Waals surface area contributed by atoms with Crippen molar-refractivity contribution >= 4 is 18.0 Å². The Balaban J connectivity index is 2.89. The molecule has 82 valence electrons. The highest BCUT2D eigenvalue weighted by Crippen LogP contribution is 2.05. The highest BCUT2D eigenvalue weighted by molar-refractivity contribution is 5.99. The topological polar surface area (TPSA) is 80.4 Å². The van der Waals surface area contributed by atoms with Crippen LogP contribution in [0.4, 0.5) is 0 Å². The molecule has 4 nitrogen and oxygen atoms in total. The average molecular weight is 217 g/mol. The van der Waals surface area contributed by atoms with Crippen LogP contribution in [-0.4, -0.2) is 17.0 Å². The summed E-state index contributed by atoms with van der Waals surface area (Å²) in [4.78, 5) is 21.3. The van der Waals surface area contributed by atoms with E-state index in [1.807, 2.05) is 30.3 Å². The minimum atomic E-state index is -1.19. The third kappa shape index (κ3) is 3.79. The summed E-state index contributed by atoms with van der Waals surface area (Å²) in [6, 6.07) is 9.16. The Bertz CT molecular complexity index is 447. The van der Waals surface area contributed by atoms with E-state index in [1.165, 1.54) is 6.08 Å². The van der Waals surface area contributed by atoms with Crippen LogP contribution in [0.3, 0.4) is 0 Å². The second kappa shape index (κ2) is 5.50. The van der Waals surface area contributed by atoms with Gasteiger partial charge in [-0.05, 0) is 11.6 Å². The Labute approximate surface area is 92.7 Å². The fraction of sp³-hybridized carbons (Fsp3) is 0. The SMILES string of the molecule is NC(=O)/C=C(/C=Cc1ccccc1)C(=O)O. The third-order valence-electron chi connectivity index (χ3n) is 1.80. The summed E-state index contributed by atoms with van der Waals surface area (Å²) in [6.45, 7) is 0. The zero-order chi connectivity index (χ0) is 12.0. The lowest BCUT2D eigenvalue weighted by molar-refractivity contribution is -0.132. The molecule has 1 rings (SSSR count). The molecule has 0 atom stereocenters. The summed E-state index contributed by atoms with van der Waals surface area (Å²) in [6.07, 6.45) is 3.81. The number of carbonyl (C=O) groups is 2. The van der Waals surface area contributed by atoms with Crippen molar-refractivity contribution in [3.8, 4) is 0 Å². The first kappa shape index (κ1) is 11.7. The molecule has 1 aromatic carbocycles. The van der Waals surface area contributed by atoms with Gasteiger partial charge in [-0.15, -0.1) is 0 Å². The maximum Gasteiger partial charge on any atom is 0.335 e. The molecule has 4 heteroatoms. The molecule has 0 saturated carbocycles. The summed E-state index contributed by atoms with van der Waals surface area (Å²) in [5.74, 6) is -1.97. The molecular weight excluding hydrogens is 206 g/mol. The van der Waals surface area contributed by atoms with Gasteiger partial charge in [-0.1, -0.05) is 36.4 Å². The molecule has 0 fully saturated rings. The molecule has 0 bridgehead atoms. The summed E-state index contributed by atoms with van der Waals surface area (Å²) in [5, 5.41) is 8.77. The van der Waals surface area contributed by atoms with Gasteiger partial charge in [0.15, 0.2) is 0 Å². The fourth-order valence-electron chi connectivity index (χ4n) is 1.08. The van der Waals surface area contributed by atoms with E-state index in [0.717, 1.165) is 11.6 Å². The van der Waals surface area contributed by atoms with Crippen molar-refractivity contribution in [1.82, 2.24) is 0 Å². The van der Waals surface area contributed by atoms with E-state index in [-0.39, 0.29) is 5.57 Å². The number of carboxylic acid groups (broad SMARTS) is 1. The number of amides is 1. The molecule has 1 amide bonds. The molecule has 0 unspecified atom stereocenters. The van der Waals surface area contributed by atoms with Crippen molar-refractivity contribution in [3.63, 3.8) is 0 Å². The largest absolute Gasteiger partial charge is 0.478 e. The molecule has 3 N–H and O–H groups in total. The van der Waals surface area contributed by atoms with Crippen LogP contribution in [0.1, 0.15) is 5.56 Å². The fourth-order valence-corrected chi connectivity index (χ4v) is 1.08. The minimum absolute atomic E-state index is 0.142. The minimum Gasteiger partial charge on any atom is -0.478 e. The first-order chi connectivity index (χ1) is 7.59. The number of benzene rings is 1. The van der Waals surface area contributed by atoms with Gasteiger partial charge in [0.05, 0.1) is 5.57 Å². The van der Waals surface area contributed by atoms with Gasteiger partial charge in [-0.3, -0.25) is 4.79 Å². The number of hydrogen-bond acceptors (Lipinski definition) is 2. The zero-order valence-electron chi connectivity index (χ0n) is 8.46. The van der Waals surface area contributed by atoms with E-state index in [4.69, 9.17) is 10.8 Å². The van der Waals surface area contributed by atoms with Crippen LogP contribution >= 0.6 is 0 Å². The Morgan fingerprint density at radius 3 is 2.31 bits per heavy atom. The third-order valence-corrected chi connectivity index (χ3v) is 1.80. The van der Waals surface area contributed by atoms with Crippen LogP contribution in [0.2, 0.25) is 0 Å². The van der Waals surface area contributed by atoms with Crippen LogP contribution in [-0.2, 0) is 9.59 Å². The Morgan fingerprint density at radius 2 is 1.81 bits per heavy atom. The van der Waals surface area contributed by atoms with Crippen molar-refractivity contribution in [2.75, 3.05) is 0 Å². The molecule has 0 spiro atoms. The van der Waals surface area contributed by atoms with Crippen LogP contribution in [0, 0.1) is 0 Å². The quantitative estimate of drug-likeness (QED) is 0.587. The number of carbonyl (C=O) groups excluding carboxylic acids is 1. The molecule has 0 radical (unpaired) electrons. The second-order valence-corrected chi connectivity index (χ2v) is 3.05. The molecule has 0 aromatic heterocycles. The number of nitrogens with two attached hydrogens (primary N) is 1. The molecule has 0 aliphatic rings. The second-order valence-electron chi connectivity index (χ2n) is 3.05. The average Bonchev–Trinajstić information content (AvgIpc) is 2.25. The molecule has 0 saturated heterocycles. The maximum atomic E-state index is 10.7. The molecule has 1 aromatic rings. The van der Waals surface area contributed by atoms with Gasteiger partial charge in [-0.25, -0.2) is 4.79 Å². The van der Waals surface area contributed by atoms with Crippen molar-refractivity contribution in [2.24, 2.45) is 5.73 Å². The summed E-state index contributed by atoms with van der Waals surface area (Å²) in [7, 11) is 0. The van der Waals surface area contributed by atoms with Crippen molar-refractivity contribution in [2.45, 2.75) is 0 Å². The molecule has 0 aliphatic heterocycles. The molecule has 0 heterocycles. The van der Waals surface area contributed by atoms with E-state index in [2.05, 4.69) is 0 Å². The van der Waals surface area contributed by atoms with E-state index >= 15 is 0 Å².